The van der Waals surface area contributed by atoms with E-state index in [9.17, 15) is 0 Å². The highest BCUT2D eigenvalue weighted by Gasteiger charge is 2.18. The summed E-state index contributed by atoms with van der Waals surface area (Å²) >= 11 is 3.48. The fourth-order valence-corrected chi connectivity index (χ4v) is 2.06. The monoisotopic (exact) mass is 294 g/mol. The molecule has 1 N–H and O–H groups in total. The quantitative estimate of drug-likeness (QED) is 0.890. The van der Waals surface area contributed by atoms with Gasteiger partial charge in [-0.25, -0.2) is 0 Å². The molecule has 0 spiro atoms. The summed E-state index contributed by atoms with van der Waals surface area (Å²) in [4.78, 5) is 0. The number of hydrogen-bond acceptors (Lipinski definition) is 2. The van der Waals surface area contributed by atoms with E-state index >= 15 is 0 Å². The first-order chi connectivity index (χ1) is 7.98. The lowest BCUT2D eigenvalue weighted by Crippen LogP contribution is -2.31. The number of nitriles is 1. The molecule has 1 atom stereocenters. The van der Waals surface area contributed by atoms with Crippen LogP contribution < -0.4 is 5.32 Å². The molecular formula is C14H19BrN2. The van der Waals surface area contributed by atoms with E-state index in [1.807, 2.05) is 26.0 Å². The van der Waals surface area contributed by atoms with Gasteiger partial charge in [-0.2, -0.15) is 5.26 Å². The van der Waals surface area contributed by atoms with Crippen LogP contribution in [0.4, 0.5) is 0 Å². The molecule has 0 bridgehead atoms. The Hall–Kier alpha value is -0.850. The molecule has 0 heterocycles. The second-order valence-electron chi connectivity index (χ2n) is 4.89. The summed E-state index contributed by atoms with van der Waals surface area (Å²) in [6.07, 6.45) is 1.01. The predicted molar refractivity (Wildman–Crippen MR) is 74.6 cm³/mol. The van der Waals surface area contributed by atoms with E-state index in [-0.39, 0.29) is 5.41 Å². The second-order valence-corrected chi connectivity index (χ2v) is 5.81. The molecule has 0 amide bonds. The Labute approximate surface area is 112 Å². The Kier molecular flexibility index (Phi) is 5.17. The lowest BCUT2D eigenvalue weighted by molar-refractivity contribution is 0.398. The normalized spacial score (nSPS) is 13.1. The third-order valence-electron chi connectivity index (χ3n) is 2.75. The van der Waals surface area contributed by atoms with E-state index in [1.54, 1.807) is 0 Å². The van der Waals surface area contributed by atoms with E-state index < -0.39 is 0 Å². The van der Waals surface area contributed by atoms with Crippen molar-refractivity contribution in [3.63, 3.8) is 0 Å². The van der Waals surface area contributed by atoms with Gasteiger partial charge in [0.05, 0.1) is 11.5 Å². The van der Waals surface area contributed by atoms with Gasteiger partial charge in [0.15, 0.2) is 0 Å². The highest BCUT2D eigenvalue weighted by atomic mass is 79.9. The van der Waals surface area contributed by atoms with Crippen molar-refractivity contribution in [1.82, 2.24) is 5.32 Å². The molecular weight excluding hydrogens is 276 g/mol. The summed E-state index contributed by atoms with van der Waals surface area (Å²) in [5.41, 5.74) is 0.940. The van der Waals surface area contributed by atoms with Gasteiger partial charge < -0.3 is 5.32 Å². The topological polar surface area (TPSA) is 35.8 Å². The Morgan fingerprint density at radius 2 is 2.18 bits per heavy atom. The van der Waals surface area contributed by atoms with Gasteiger partial charge in [-0.1, -0.05) is 35.0 Å². The average Bonchev–Trinajstić information content (AvgIpc) is 2.30. The third kappa shape index (κ3) is 4.49. The lowest BCUT2D eigenvalue weighted by Gasteiger charge is -2.22. The van der Waals surface area contributed by atoms with E-state index in [0.29, 0.717) is 12.6 Å². The van der Waals surface area contributed by atoms with Crippen LogP contribution in [0, 0.1) is 16.7 Å². The van der Waals surface area contributed by atoms with Crippen LogP contribution in [0.25, 0.3) is 0 Å². The predicted octanol–water partition coefficient (Wildman–Crippen LogP) is 4.04. The third-order valence-corrected chi connectivity index (χ3v) is 3.25. The minimum absolute atomic E-state index is 0.306. The summed E-state index contributed by atoms with van der Waals surface area (Å²) in [6.45, 7) is 6.76. The van der Waals surface area contributed by atoms with Gasteiger partial charge in [0.2, 0.25) is 0 Å². The Balaban J connectivity index is 2.70. The molecule has 3 heteroatoms. The number of halogens is 1. The van der Waals surface area contributed by atoms with Crippen LogP contribution in [0.2, 0.25) is 0 Å². The van der Waals surface area contributed by atoms with E-state index in [1.165, 1.54) is 5.56 Å². The number of hydrogen-bond donors (Lipinski definition) is 1. The summed E-state index contributed by atoms with van der Waals surface area (Å²) < 4.78 is 1.09. The van der Waals surface area contributed by atoms with Crippen LogP contribution in [0.5, 0.6) is 0 Å². The van der Waals surface area contributed by atoms with Crippen LogP contribution in [0.1, 0.15) is 38.8 Å². The zero-order valence-corrected chi connectivity index (χ0v) is 12.2. The van der Waals surface area contributed by atoms with Gasteiger partial charge >= 0.3 is 0 Å². The first-order valence-corrected chi connectivity index (χ1v) is 6.68. The van der Waals surface area contributed by atoms with Gasteiger partial charge in [-0.05, 0) is 38.0 Å². The van der Waals surface area contributed by atoms with Crippen molar-refractivity contribution in [3.8, 4) is 6.07 Å². The number of nitrogens with zero attached hydrogens (tertiary/aromatic N) is 1. The van der Waals surface area contributed by atoms with Crippen LogP contribution in [0.15, 0.2) is 28.7 Å². The zero-order valence-electron chi connectivity index (χ0n) is 10.6. The Bertz CT molecular complexity index is 407. The SMILES string of the molecule is CCC(NCC(C)(C)C#N)c1cccc(Br)c1. The van der Waals surface area contributed by atoms with E-state index in [4.69, 9.17) is 5.26 Å². The largest absolute Gasteiger partial charge is 0.308 e. The molecule has 17 heavy (non-hydrogen) atoms. The maximum absolute atomic E-state index is 9.00. The van der Waals surface area contributed by atoms with Gasteiger partial charge in [0, 0.05) is 17.1 Å². The standard InChI is InChI=1S/C14H19BrN2/c1-4-13(17-10-14(2,3)9-16)11-6-5-7-12(15)8-11/h5-8,13,17H,4,10H2,1-3H3. The molecule has 0 fully saturated rings. The summed E-state index contributed by atoms with van der Waals surface area (Å²) in [5.74, 6) is 0. The van der Waals surface area contributed by atoms with Crippen molar-refractivity contribution in [3.05, 3.63) is 34.3 Å². The van der Waals surface area contributed by atoms with Crippen LogP contribution in [-0.2, 0) is 0 Å². The molecule has 0 saturated carbocycles. The molecule has 0 aliphatic carbocycles. The smallest absolute Gasteiger partial charge is 0.0697 e. The molecule has 2 nitrogen and oxygen atoms in total. The van der Waals surface area contributed by atoms with Crippen molar-refractivity contribution in [2.75, 3.05) is 6.54 Å². The molecule has 1 unspecified atom stereocenters. The van der Waals surface area contributed by atoms with Gasteiger partial charge in [-0.3, -0.25) is 0 Å². The summed E-state index contributed by atoms with van der Waals surface area (Å²) in [7, 11) is 0. The first kappa shape index (κ1) is 14.2. The molecule has 1 rings (SSSR count). The van der Waals surface area contributed by atoms with Crippen molar-refractivity contribution in [2.45, 2.75) is 33.2 Å². The highest BCUT2D eigenvalue weighted by molar-refractivity contribution is 9.10. The minimum atomic E-state index is -0.320. The van der Waals surface area contributed by atoms with E-state index in [0.717, 1.165) is 10.9 Å². The number of benzene rings is 1. The fourth-order valence-electron chi connectivity index (χ4n) is 1.64. The number of rotatable bonds is 5. The fraction of sp³-hybridized carbons (Fsp3) is 0.500. The van der Waals surface area contributed by atoms with Gasteiger partial charge in [0.1, 0.15) is 0 Å². The maximum Gasteiger partial charge on any atom is 0.0697 e. The van der Waals surface area contributed by atoms with Crippen molar-refractivity contribution < 1.29 is 0 Å². The number of nitrogens with one attached hydrogen (secondary N) is 1. The molecule has 92 valence electrons. The molecule has 1 aromatic carbocycles. The van der Waals surface area contributed by atoms with Crippen molar-refractivity contribution >= 4 is 15.9 Å². The minimum Gasteiger partial charge on any atom is -0.308 e. The molecule has 1 aromatic rings. The van der Waals surface area contributed by atoms with Gasteiger partial charge in [0.25, 0.3) is 0 Å². The second kappa shape index (κ2) is 6.18. The molecule has 0 aliphatic rings. The van der Waals surface area contributed by atoms with E-state index in [2.05, 4.69) is 46.4 Å². The summed E-state index contributed by atoms with van der Waals surface area (Å²) in [6, 6.07) is 10.9. The molecule has 0 aliphatic heterocycles. The van der Waals surface area contributed by atoms with Crippen LogP contribution in [-0.4, -0.2) is 6.54 Å². The average molecular weight is 295 g/mol. The van der Waals surface area contributed by atoms with Crippen molar-refractivity contribution in [1.29, 1.82) is 5.26 Å². The first-order valence-electron chi connectivity index (χ1n) is 5.88. The molecule has 0 aromatic heterocycles. The van der Waals surface area contributed by atoms with Crippen LogP contribution in [0.3, 0.4) is 0 Å². The highest BCUT2D eigenvalue weighted by Crippen LogP contribution is 2.22. The lowest BCUT2D eigenvalue weighted by atomic mass is 9.94. The Morgan fingerprint density at radius 3 is 2.71 bits per heavy atom. The Morgan fingerprint density at radius 1 is 1.47 bits per heavy atom. The van der Waals surface area contributed by atoms with Gasteiger partial charge in [-0.15, -0.1) is 0 Å². The zero-order chi connectivity index (χ0) is 12.9. The maximum atomic E-state index is 9.00. The van der Waals surface area contributed by atoms with Crippen LogP contribution >= 0.6 is 15.9 Å². The van der Waals surface area contributed by atoms with Crippen molar-refractivity contribution in [2.24, 2.45) is 5.41 Å². The molecule has 0 saturated heterocycles. The summed E-state index contributed by atoms with van der Waals surface area (Å²) in [5, 5.41) is 12.5. The molecule has 0 radical (unpaired) electrons.